The van der Waals surface area contributed by atoms with E-state index in [1.54, 1.807) is 48.9 Å². The van der Waals surface area contributed by atoms with Gasteiger partial charge in [0, 0.05) is 16.0 Å². The molecule has 1 aromatic carbocycles. The molecule has 6 nitrogen and oxygen atoms in total. The minimum absolute atomic E-state index is 0.111. The van der Waals surface area contributed by atoms with Crippen molar-refractivity contribution in [3.63, 3.8) is 0 Å². The number of anilines is 1. The Labute approximate surface area is 183 Å². The average molecular weight is 442 g/mol. The lowest BCUT2D eigenvalue weighted by atomic mass is 9.97. The molecular weight excluding hydrogens is 418 g/mol. The molecule has 0 fully saturated rings. The fraction of sp³-hybridized carbons (Fsp3) is 0.364. The number of carbonyl (C=O) groups excluding carboxylic acids is 2. The van der Waals surface area contributed by atoms with Gasteiger partial charge in [0.25, 0.3) is 0 Å². The zero-order valence-corrected chi connectivity index (χ0v) is 18.6. The van der Waals surface area contributed by atoms with Crippen molar-refractivity contribution in [1.29, 1.82) is 0 Å². The molecule has 0 saturated carbocycles. The van der Waals surface area contributed by atoms with Crippen molar-refractivity contribution in [2.24, 2.45) is 0 Å². The van der Waals surface area contributed by atoms with Crippen molar-refractivity contribution in [1.82, 2.24) is 9.97 Å². The fourth-order valence-corrected chi connectivity index (χ4v) is 5.76. The van der Waals surface area contributed by atoms with E-state index in [1.165, 1.54) is 35.0 Å². The van der Waals surface area contributed by atoms with Crippen LogP contribution in [0, 0.1) is 0 Å². The van der Waals surface area contributed by atoms with Gasteiger partial charge in [-0.1, -0.05) is 11.8 Å². The molecular formula is C22H23N3O3S2. The lowest BCUT2D eigenvalue weighted by Gasteiger charge is -2.14. The first kappa shape index (κ1) is 20.8. The molecule has 4 rings (SSSR count). The summed E-state index contributed by atoms with van der Waals surface area (Å²) in [5, 5.41) is 4.59. The average Bonchev–Trinajstić information content (AvgIpc) is 3.14. The third-order valence-electron chi connectivity index (χ3n) is 5.04. The van der Waals surface area contributed by atoms with Gasteiger partial charge in [-0.15, -0.1) is 11.3 Å². The lowest BCUT2D eigenvalue weighted by Crippen LogP contribution is -2.22. The second-order valence-electron chi connectivity index (χ2n) is 7.12. The van der Waals surface area contributed by atoms with Crippen molar-refractivity contribution in [3.05, 3.63) is 46.6 Å². The summed E-state index contributed by atoms with van der Waals surface area (Å²) in [4.78, 5) is 35.9. The van der Waals surface area contributed by atoms with Crippen molar-refractivity contribution in [3.8, 4) is 0 Å². The normalized spacial score (nSPS) is 14.2. The Kier molecular flexibility index (Phi) is 6.34. The van der Waals surface area contributed by atoms with E-state index in [9.17, 15) is 9.59 Å². The quantitative estimate of drug-likeness (QED) is 0.334. The number of thiophene rings is 1. The molecule has 0 spiro atoms. The summed E-state index contributed by atoms with van der Waals surface area (Å²) in [6.45, 7) is 3.97. The van der Waals surface area contributed by atoms with Crippen LogP contribution in [0.25, 0.3) is 10.2 Å². The van der Waals surface area contributed by atoms with Crippen LogP contribution in [0.2, 0.25) is 0 Å². The Morgan fingerprint density at radius 3 is 2.73 bits per heavy atom. The summed E-state index contributed by atoms with van der Waals surface area (Å²) in [7, 11) is 0. The molecule has 30 heavy (non-hydrogen) atoms. The topological polar surface area (TPSA) is 81.2 Å². The molecule has 1 aliphatic rings. The number of amides is 1. The number of aryl methyl sites for hydroxylation is 2. The number of nitrogens with one attached hydrogen (secondary N) is 1. The maximum atomic E-state index is 12.7. The molecule has 1 atom stereocenters. The van der Waals surface area contributed by atoms with Crippen LogP contribution in [0.5, 0.6) is 0 Å². The first-order valence-electron chi connectivity index (χ1n) is 10.1. The van der Waals surface area contributed by atoms with Gasteiger partial charge in [-0.05, 0) is 69.4 Å². The lowest BCUT2D eigenvalue weighted by molar-refractivity contribution is -0.115. The van der Waals surface area contributed by atoms with Crippen molar-refractivity contribution >= 4 is 50.9 Å². The molecule has 1 amide bonds. The van der Waals surface area contributed by atoms with Crippen LogP contribution in [0.1, 0.15) is 47.5 Å². The number of aromatic nitrogens is 2. The van der Waals surface area contributed by atoms with Crippen molar-refractivity contribution in [2.75, 3.05) is 11.9 Å². The summed E-state index contributed by atoms with van der Waals surface area (Å²) < 4.78 is 4.98. The van der Waals surface area contributed by atoms with Gasteiger partial charge < -0.3 is 10.1 Å². The highest BCUT2D eigenvalue weighted by Gasteiger charge is 2.23. The first-order chi connectivity index (χ1) is 14.6. The third kappa shape index (κ3) is 4.34. The van der Waals surface area contributed by atoms with Gasteiger partial charge in [0.2, 0.25) is 5.91 Å². The molecule has 8 heteroatoms. The molecule has 1 aliphatic carbocycles. The summed E-state index contributed by atoms with van der Waals surface area (Å²) in [6, 6.07) is 6.72. The van der Waals surface area contributed by atoms with Crippen molar-refractivity contribution in [2.45, 2.75) is 49.8 Å². The number of hydrogen-bond acceptors (Lipinski definition) is 7. The number of hydrogen-bond donors (Lipinski definition) is 1. The maximum Gasteiger partial charge on any atom is 0.338 e. The van der Waals surface area contributed by atoms with Gasteiger partial charge in [0.15, 0.2) is 0 Å². The number of carbonyl (C=O) groups is 2. The van der Waals surface area contributed by atoms with E-state index in [0.717, 1.165) is 28.1 Å². The molecule has 1 N–H and O–H groups in total. The van der Waals surface area contributed by atoms with Crippen molar-refractivity contribution < 1.29 is 14.3 Å². The highest BCUT2D eigenvalue weighted by atomic mass is 32.2. The number of fused-ring (bicyclic) bond motifs is 3. The number of esters is 1. The summed E-state index contributed by atoms with van der Waals surface area (Å²) in [6.07, 6.45) is 6.17. The summed E-state index contributed by atoms with van der Waals surface area (Å²) >= 11 is 3.22. The zero-order valence-electron chi connectivity index (χ0n) is 16.9. The SMILES string of the molecule is CCOC(=O)c1ccc(NC(=O)C(C)Sc2ncnc3sc4c(c23)CCCC4)cc1. The Bertz CT molecular complexity index is 1080. The smallest absolute Gasteiger partial charge is 0.338 e. The maximum absolute atomic E-state index is 12.7. The number of thioether (sulfide) groups is 1. The van der Waals surface area contributed by atoms with E-state index in [2.05, 4.69) is 15.3 Å². The van der Waals surface area contributed by atoms with Gasteiger partial charge in [-0.2, -0.15) is 0 Å². The van der Waals surface area contributed by atoms with Crippen LogP contribution in [0.3, 0.4) is 0 Å². The van der Waals surface area contributed by atoms with Gasteiger partial charge >= 0.3 is 5.97 Å². The largest absolute Gasteiger partial charge is 0.462 e. The molecule has 1 unspecified atom stereocenters. The van der Waals surface area contributed by atoms with E-state index in [0.29, 0.717) is 17.9 Å². The second kappa shape index (κ2) is 9.14. The van der Waals surface area contributed by atoms with Crippen LogP contribution in [0.4, 0.5) is 5.69 Å². The second-order valence-corrected chi connectivity index (χ2v) is 9.53. The van der Waals surface area contributed by atoms with E-state index in [4.69, 9.17) is 4.74 Å². The highest BCUT2D eigenvalue weighted by molar-refractivity contribution is 8.00. The van der Waals surface area contributed by atoms with Gasteiger partial charge in [0.1, 0.15) is 16.2 Å². The minimum Gasteiger partial charge on any atom is -0.462 e. The molecule has 3 aromatic rings. The van der Waals surface area contributed by atoms with E-state index < -0.39 is 0 Å². The Balaban J connectivity index is 1.46. The molecule has 156 valence electrons. The number of rotatable bonds is 6. The fourth-order valence-electron chi connectivity index (χ4n) is 3.52. The van der Waals surface area contributed by atoms with E-state index in [-0.39, 0.29) is 17.1 Å². The molecule has 2 aromatic heterocycles. The monoisotopic (exact) mass is 441 g/mol. The molecule has 0 aliphatic heterocycles. The predicted molar refractivity (Wildman–Crippen MR) is 120 cm³/mol. The van der Waals surface area contributed by atoms with Crippen LogP contribution >= 0.6 is 23.1 Å². The minimum atomic E-state index is -0.369. The van der Waals surface area contributed by atoms with E-state index >= 15 is 0 Å². The predicted octanol–water partition coefficient (Wildman–Crippen LogP) is 4.87. The van der Waals surface area contributed by atoms with Gasteiger partial charge in [0.05, 0.1) is 17.4 Å². The Morgan fingerprint density at radius 1 is 1.20 bits per heavy atom. The van der Waals surface area contributed by atoms with Crippen LogP contribution in [-0.4, -0.2) is 33.7 Å². The molecule has 0 bridgehead atoms. The first-order valence-corrected chi connectivity index (χ1v) is 11.8. The number of benzene rings is 1. The Hall–Kier alpha value is -2.45. The third-order valence-corrected chi connectivity index (χ3v) is 7.34. The molecule has 0 radical (unpaired) electrons. The van der Waals surface area contributed by atoms with Crippen LogP contribution < -0.4 is 5.32 Å². The van der Waals surface area contributed by atoms with Gasteiger partial charge in [-0.3, -0.25) is 4.79 Å². The van der Waals surface area contributed by atoms with Crippen LogP contribution in [0.15, 0.2) is 35.6 Å². The molecule has 2 heterocycles. The number of ether oxygens (including phenoxy) is 1. The molecule has 0 saturated heterocycles. The Morgan fingerprint density at radius 2 is 1.97 bits per heavy atom. The number of nitrogens with zero attached hydrogens (tertiary/aromatic N) is 2. The summed E-state index contributed by atoms with van der Waals surface area (Å²) in [5.74, 6) is -0.481. The summed E-state index contributed by atoms with van der Waals surface area (Å²) in [5.41, 5.74) is 2.47. The van der Waals surface area contributed by atoms with Crippen LogP contribution in [-0.2, 0) is 22.4 Å². The zero-order chi connectivity index (χ0) is 21.1. The highest BCUT2D eigenvalue weighted by Crippen LogP contribution is 2.40. The van der Waals surface area contributed by atoms with Gasteiger partial charge in [-0.25, -0.2) is 14.8 Å². The van der Waals surface area contributed by atoms with E-state index in [1.807, 2.05) is 6.92 Å². The standard InChI is InChI=1S/C22H23N3O3S2/c1-3-28-22(27)14-8-10-15(11-9-14)25-19(26)13(2)29-20-18-16-6-4-5-7-17(16)30-21(18)24-12-23-20/h8-13H,3-7H2,1-2H3,(H,25,26).